The molecule has 1 heterocycles. The fraction of sp³-hybridized carbons (Fsp3) is 0.733. The molecule has 1 aromatic rings. The van der Waals surface area contributed by atoms with Gasteiger partial charge >= 0.3 is 0 Å². The van der Waals surface area contributed by atoms with Gasteiger partial charge in [-0.15, -0.1) is 0 Å². The van der Waals surface area contributed by atoms with Gasteiger partial charge in [0.05, 0.1) is 0 Å². The Hall–Kier alpha value is -1.36. The topological polar surface area (TPSA) is 70.1 Å². The molecule has 5 nitrogen and oxygen atoms in total. The van der Waals surface area contributed by atoms with Gasteiger partial charge in [-0.2, -0.15) is 0 Å². The zero-order chi connectivity index (χ0) is 15.3. The smallest absolute Gasteiger partial charge is 0.135 e. The zero-order valence-corrected chi connectivity index (χ0v) is 13.5. The number of aliphatic hydroxyl groups is 1. The van der Waals surface area contributed by atoms with Crippen molar-refractivity contribution in [2.75, 3.05) is 24.3 Å². The molecule has 0 amide bonds. The van der Waals surface area contributed by atoms with E-state index in [1.807, 2.05) is 14.0 Å². The van der Waals surface area contributed by atoms with Gasteiger partial charge in [0.1, 0.15) is 17.5 Å². The quantitative estimate of drug-likeness (QED) is 0.716. The second-order valence-corrected chi connectivity index (χ2v) is 5.82. The fourth-order valence-corrected chi connectivity index (χ4v) is 2.02. The number of aliphatic hydroxyl groups excluding tert-OH is 1. The second kappa shape index (κ2) is 6.88. The van der Waals surface area contributed by atoms with E-state index in [-0.39, 0.29) is 18.1 Å². The molecule has 0 saturated carbocycles. The van der Waals surface area contributed by atoms with Crippen LogP contribution in [0.4, 0.5) is 11.6 Å². The first-order valence-electron chi connectivity index (χ1n) is 7.32. The van der Waals surface area contributed by atoms with E-state index in [4.69, 9.17) is 0 Å². The van der Waals surface area contributed by atoms with Crippen molar-refractivity contribution in [2.45, 2.75) is 58.9 Å². The lowest BCUT2D eigenvalue weighted by atomic mass is 9.94. The molecule has 20 heavy (non-hydrogen) atoms. The number of hydrogen-bond donors (Lipinski definition) is 3. The molecule has 0 spiro atoms. The molecular formula is C15H28N4O. The van der Waals surface area contributed by atoms with Crippen molar-refractivity contribution in [3.63, 3.8) is 0 Å². The molecule has 114 valence electrons. The fourth-order valence-electron chi connectivity index (χ4n) is 2.02. The summed E-state index contributed by atoms with van der Waals surface area (Å²) in [6.45, 7) is 10.6. The van der Waals surface area contributed by atoms with E-state index in [0.717, 1.165) is 29.4 Å². The van der Waals surface area contributed by atoms with Gasteiger partial charge in [-0.3, -0.25) is 0 Å². The van der Waals surface area contributed by atoms with Crippen LogP contribution in [-0.4, -0.2) is 34.3 Å². The van der Waals surface area contributed by atoms with Gasteiger partial charge in [-0.1, -0.05) is 20.8 Å². The summed E-state index contributed by atoms with van der Waals surface area (Å²) in [5.41, 5.74) is 0.849. The zero-order valence-electron chi connectivity index (χ0n) is 13.5. The van der Waals surface area contributed by atoms with Crippen molar-refractivity contribution in [1.82, 2.24) is 9.97 Å². The van der Waals surface area contributed by atoms with Gasteiger partial charge in [-0.05, 0) is 26.7 Å². The SMILES string of the molecule is CCC(C)(CCO)Nc1nc(C(C)C)nc(NC)c1C. The molecule has 0 aliphatic rings. The molecule has 0 saturated heterocycles. The molecule has 0 fully saturated rings. The molecule has 0 aromatic carbocycles. The summed E-state index contributed by atoms with van der Waals surface area (Å²) in [7, 11) is 1.87. The van der Waals surface area contributed by atoms with Crippen LogP contribution in [0.5, 0.6) is 0 Å². The van der Waals surface area contributed by atoms with Crippen LogP contribution in [0.2, 0.25) is 0 Å². The van der Waals surface area contributed by atoms with E-state index in [2.05, 4.69) is 48.3 Å². The minimum absolute atomic E-state index is 0.160. The first-order valence-corrected chi connectivity index (χ1v) is 7.32. The Bertz CT molecular complexity index is 448. The number of aromatic nitrogens is 2. The van der Waals surface area contributed by atoms with Gasteiger partial charge in [-0.25, -0.2) is 9.97 Å². The third kappa shape index (κ3) is 3.82. The summed E-state index contributed by atoms with van der Waals surface area (Å²) in [4.78, 5) is 9.19. The lowest BCUT2D eigenvalue weighted by molar-refractivity contribution is 0.251. The summed E-state index contributed by atoms with van der Waals surface area (Å²) in [6.07, 6.45) is 1.61. The highest BCUT2D eigenvalue weighted by atomic mass is 16.3. The van der Waals surface area contributed by atoms with Crippen LogP contribution < -0.4 is 10.6 Å². The monoisotopic (exact) mass is 280 g/mol. The maximum atomic E-state index is 9.24. The maximum absolute atomic E-state index is 9.24. The molecule has 5 heteroatoms. The van der Waals surface area contributed by atoms with Crippen LogP contribution >= 0.6 is 0 Å². The lowest BCUT2D eigenvalue weighted by Gasteiger charge is -2.31. The highest BCUT2D eigenvalue weighted by molar-refractivity contribution is 5.58. The highest BCUT2D eigenvalue weighted by Crippen LogP contribution is 2.27. The predicted molar refractivity (Wildman–Crippen MR) is 84.4 cm³/mol. The molecule has 1 atom stereocenters. The lowest BCUT2D eigenvalue weighted by Crippen LogP contribution is -2.36. The van der Waals surface area contributed by atoms with E-state index in [1.54, 1.807) is 0 Å². The van der Waals surface area contributed by atoms with E-state index < -0.39 is 0 Å². The number of nitrogens with zero attached hydrogens (tertiary/aromatic N) is 2. The van der Waals surface area contributed by atoms with Crippen molar-refractivity contribution < 1.29 is 5.11 Å². The summed E-state index contributed by atoms with van der Waals surface area (Å²) in [5.74, 6) is 2.80. The number of hydrogen-bond acceptors (Lipinski definition) is 5. The normalized spacial score (nSPS) is 14.2. The Morgan fingerprint density at radius 2 is 1.85 bits per heavy atom. The summed E-state index contributed by atoms with van der Waals surface area (Å²) >= 11 is 0. The Kier molecular flexibility index (Phi) is 5.74. The maximum Gasteiger partial charge on any atom is 0.135 e. The van der Waals surface area contributed by atoms with Gasteiger partial charge < -0.3 is 15.7 Å². The minimum Gasteiger partial charge on any atom is -0.396 e. The van der Waals surface area contributed by atoms with E-state index in [0.29, 0.717) is 6.42 Å². The minimum atomic E-state index is -0.160. The average molecular weight is 280 g/mol. The van der Waals surface area contributed by atoms with Crippen molar-refractivity contribution in [2.24, 2.45) is 0 Å². The van der Waals surface area contributed by atoms with Gasteiger partial charge in [0.2, 0.25) is 0 Å². The van der Waals surface area contributed by atoms with E-state index in [9.17, 15) is 5.11 Å². The standard InChI is InChI=1S/C15H28N4O/c1-7-15(5,8-9-20)19-14-11(4)13(16-6)17-12(18-14)10(2)3/h10,20H,7-9H2,1-6H3,(H2,16,17,18,19). The summed E-state index contributed by atoms with van der Waals surface area (Å²) < 4.78 is 0. The van der Waals surface area contributed by atoms with Crippen molar-refractivity contribution in [1.29, 1.82) is 0 Å². The summed E-state index contributed by atoms with van der Waals surface area (Å²) in [6, 6.07) is 0. The first kappa shape index (κ1) is 16.7. The summed E-state index contributed by atoms with van der Waals surface area (Å²) in [5, 5.41) is 15.9. The molecule has 1 aromatic heterocycles. The molecule has 0 bridgehead atoms. The first-order chi connectivity index (χ1) is 9.36. The van der Waals surface area contributed by atoms with Gasteiger partial charge in [0, 0.05) is 30.7 Å². The largest absolute Gasteiger partial charge is 0.396 e. The molecular weight excluding hydrogens is 252 g/mol. The molecule has 0 radical (unpaired) electrons. The number of anilines is 2. The Morgan fingerprint density at radius 1 is 1.25 bits per heavy atom. The van der Waals surface area contributed by atoms with Crippen LogP contribution in [0.25, 0.3) is 0 Å². The van der Waals surface area contributed by atoms with Crippen molar-refractivity contribution >= 4 is 11.6 Å². The number of nitrogens with one attached hydrogen (secondary N) is 2. The molecule has 3 N–H and O–H groups in total. The average Bonchev–Trinajstić information content (AvgIpc) is 2.41. The van der Waals surface area contributed by atoms with E-state index in [1.165, 1.54) is 0 Å². The van der Waals surface area contributed by atoms with Crippen LogP contribution in [0.1, 0.15) is 57.8 Å². The Balaban J connectivity index is 3.19. The molecule has 0 aliphatic heterocycles. The molecule has 1 rings (SSSR count). The van der Waals surface area contributed by atoms with Crippen molar-refractivity contribution in [3.8, 4) is 0 Å². The number of rotatable bonds is 7. The third-order valence-electron chi connectivity index (χ3n) is 3.78. The Morgan fingerprint density at radius 3 is 2.30 bits per heavy atom. The van der Waals surface area contributed by atoms with Gasteiger partial charge in [0.25, 0.3) is 0 Å². The van der Waals surface area contributed by atoms with Crippen LogP contribution in [0.15, 0.2) is 0 Å². The predicted octanol–water partition coefficient (Wildman–Crippen LogP) is 2.91. The van der Waals surface area contributed by atoms with Crippen molar-refractivity contribution in [3.05, 3.63) is 11.4 Å². The molecule has 0 aliphatic carbocycles. The van der Waals surface area contributed by atoms with E-state index >= 15 is 0 Å². The Labute approximate surface area is 122 Å². The molecule has 1 unspecified atom stereocenters. The second-order valence-electron chi connectivity index (χ2n) is 5.82. The third-order valence-corrected chi connectivity index (χ3v) is 3.78. The van der Waals surface area contributed by atoms with Gasteiger partial charge in [0.15, 0.2) is 0 Å². The van der Waals surface area contributed by atoms with Crippen LogP contribution in [0.3, 0.4) is 0 Å². The van der Waals surface area contributed by atoms with Crippen LogP contribution in [0, 0.1) is 6.92 Å². The highest BCUT2D eigenvalue weighted by Gasteiger charge is 2.24. The van der Waals surface area contributed by atoms with Crippen LogP contribution in [-0.2, 0) is 0 Å².